The number of carbonyl (C=O) groups is 1. The Balaban J connectivity index is 0.00000277. The van der Waals surface area contributed by atoms with Crippen molar-refractivity contribution in [2.45, 2.75) is 71.8 Å². The number of methoxy groups -OCH3 is 1. The van der Waals surface area contributed by atoms with E-state index in [1.807, 2.05) is 27.0 Å². The third-order valence-electron chi connectivity index (χ3n) is 4.37. The summed E-state index contributed by atoms with van der Waals surface area (Å²) in [6.45, 7) is 9.48. The molecule has 1 fully saturated rings. The number of hydrogen-bond donors (Lipinski definition) is 2. The molecule has 0 bridgehead atoms. The van der Waals surface area contributed by atoms with Crippen molar-refractivity contribution in [3.05, 3.63) is 11.9 Å². The first-order chi connectivity index (χ1) is 12.0. The molecule has 1 saturated heterocycles. The molecular weight excluding hydrogens is 316 g/mol. The van der Waals surface area contributed by atoms with Crippen LogP contribution in [0, 0.1) is 0 Å². The van der Waals surface area contributed by atoms with E-state index in [0.29, 0.717) is 24.7 Å². The molecule has 0 saturated carbocycles. The van der Waals surface area contributed by atoms with Crippen LogP contribution in [0.15, 0.2) is 11.9 Å². The summed E-state index contributed by atoms with van der Waals surface area (Å²) in [5.74, 6) is 6.31. The molecule has 1 heterocycles. The Labute approximate surface area is 154 Å². The van der Waals surface area contributed by atoms with Crippen LogP contribution in [-0.4, -0.2) is 55.1 Å². The largest absolute Gasteiger partial charge is 0.400 e. The van der Waals surface area contributed by atoms with Crippen molar-refractivity contribution in [2.24, 2.45) is 11.6 Å². The maximum atomic E-state index is 11.2. The van der Waals surface area contributed by atoms with Crippen LogP contribution in [0.1, 0.15) is 65.7 Å². The smallest absolute Gasteiger partial charge is 0.132 e. The molecule has 1 rings (SSSR count). The fourth-order valence-corrected chi connectivity index (χ4v) is 2.85. The summed E-state index contributed by atoms with van der Waals surface area (Å²) in [6, 6.07) is 0. The molecule has 0 unspecified atom stereocenters. The van der Waals surface area contributed by atoms with E-state index in [-0.39, 0.29) is 0 Å². The third-order valence-corrected chi connectivity index (χ3v) is 4.37. The van der Waals surface area contributed by atoms with Gasteiger partial charge in [-0.05, 0) is 25.7 Å². The summed E-state index contributed by atoms with van der Waals surface area (Å²) in [4.78, 5) is 13.5. The summed E-state index contributed by atoms with van der Waals surface area (Å²) >= 11 is 0. The van der Waals surface area contributed by atoms with Gasteiger partial charge in [0.15, 0.2) is 0 Å². The Hall–Kier alpha value is -1.11. The number of likely N-dealkylation sites (tertiary alicyclic amines) is 1. The van der Waals surface area contributed by atoms with Crippen molar-refractivity contribution in [1.82, 2.24) is 9.91 Å². The predicted molar refractivity (Wildman–Crippen MR) is 105 cm³/mol. The van der Waals surface area contributed by atoms with E-state index in [2.05, 4.69) is 4.90 Å². The van der Waals surface area contributed by atoms with Crippen LogP contribution < -0.4 is 11.6 Å². The molecule has 0 spiro atoms. The van der Waals surface area contributed by atoms with Gasteiger partial charge in [0, 0.05) is 58.0 Å². The minimum Gasteiger partial charge on any atom is -0.400 e. The first-order valence-electron chi connectivity index (χ1n) is 9.79. The second kappa shape index (κ2) is 15.2. The summed E-state index contributed by atoms with van der Waals surface area (Å²) in [6.07, 6.45) is 8.64. The van der Waals surface area contributed by atoms with Gasteiger partial charge in [0.25, 0.3) is 0 Å². The molecule has 148 valence electrons. The Morgan fingerprint density at radius 2 is 1.88 bits per heavy atom. The zero-order valence-corrected chi connectivity index (χ0v) is 16.8. The van der Waals surface area contributed by atoms with Crippen molar-refractivity contribution in [1.29, 1.82) is 0 Å². The number of hydrogen-bond acceptors (Lipinski definition) is 6. The molecule has 1 aliphatic rings. The highest BCUT2D eigenvalue weighted by atomic mass is 16.5. The highest BCUT2D eigenvalue weighted by Crippen LogP contribution is 2.13. The summed E-state index contributed by atoms with van der Waals surface area (Å²) in [7, 11) is 1.78. The number of ether oxygens (including phenoxy) is 1. The lowest BCUT2D eigenvalue weighted by molar-refractivity contribution is -0.118. The molecule has 1 aliphatic heterocycles. The van der Waals surface area contributed by atoms with Crippen LogP contribution in [0.25, 0.3) is 0 Å². The van der Waals surface area contributed by atoms with Gasteiger partial charge < -0.3 is 15.5 Å². The number of nitrogens with two attached hydrogens (primary N) is 2. The van der Waals surface area contributed by atoms with E-state index in [4.69, 9.17) is 16.3 Å². The topological polar surface area (TPSA) is 84.8 Å². The lowest BCUT2D eigenvalue weighted by Gasteiger charge is -2.31. The molecule has 6 heteroatoms. The van der Waals surface area contributed by atoms with Crippen molar-refractivity contribution < 1.29 is 9.53 Å². The molecule has 0 amide bonds. The van der Waals surface area contributed by atoms with Crippen LogP contribution in [0.2, 0.25) is 0 Å². The third kappa shape index (κ3) is 12.0. The first kappa shape index (κ1) is 23.9. The molecule has 4 N–H and O–H groups in total. The van der Waals surface area contributed by atoms with Gasteiger partial charge in [0.05, 0.1) is 6.10 Å². The van der Waals surface area contributed by atoms with E-state index in [1.165, 1.54) is 0 Å². The van der Waals surface area contributed by atoms with Gasteiger partial charge in [-0.25, -0.2) is 5.84 Å². The van der Waals surface area contributed by atoms with Gasteiger partial charge >= 0.3 is 0 Å². The van der Waals surface area contributed by atoms with Gasteiger partial charge in [0.2, 0.25) is 0 Å². The molecule has 0 aromatic heterocycles. The number of unbranched alkanes of at least 4 members (excludes halogenated alkanes) is 2. The summed E-state index contributed by atoms with van der Waals surface area (Å²) < 4.78 is 5.37. The molecule has 0 aliphatic carbocycles. The Morgan fingerprint density at radius 3 is 2.44 bits per heavy atom. The minimum absolute atomic E-state index is 0.344. The number of nitrogens with zero attached hydrogens (tertiary/aromatic N) is 2. The highest BCUT2D eigenvalue weighted by molar-refractivity contribution is 5.77. The van der Waals surface area contributed by atoms with Crippen LogP contribution in [0.5, 0.6) is 0 Å². The number of Topliss-reactive ketones (excluding diaryl/α,β-unsaturated/α-hetero) is 1. The summed E-state index contributed by atoms with van der Waals surface area (Å²) in [5, 5.41) is 1.67. The van der Waals surface area contributed by atoms with Gasteiger partial charge in [-0.2, -0.15) is 0 Å². The van der Waals surface area contributed by atoms with E-state index >= 15 is 0 Å². The average Bonchev–Trinajstić information content (AvgIpc) is 2.63. The van der Waals surface area contributed by atoms with Crippen molar-refractivity contribution in [3.63, 3.8) is 0 Å². The monoisotopic (exact) mass is 356 g/mol. The Kier molecular flexibility index (Phi) is 14.5. The first-order valence-corrected chi connectivity index (χ1v) is 9.79. The number of ketones is 1. The van der Waals surface area contributed by atoms with E-state index < -0.39 is 0 Å². The van der Waals surface area contributed by atoms with E-state index in [0.717, 1.165) is 64.0 Å². The van der Waals surface area contributed by atoms with Gasteiger partial charge in [-0.15, -0.1) is 0 Å². The van der Waals surface area contributed by atoms with Crippen molar-refractivity contribution in [3.8, 4) is 0 Å². The van der Waals surface area contributed by atoms with Crippen LogP contribution >= 0.6 is 0 Å². The predicted octanol–water partition coefficient (Wildman–Crippen LogP) is 2.64. The normalized spacial score (nSPS) is 16.3. The molecule has 6 nitrogen and oxygen atoms in total. The SMILES string of the molecule is CC.CCC(=O)CCCCCN(N)/C=C(\N)CN1CCC(OC)CC1. The van der Waals surface area contributed by atoms with Crippen molar-refractivity contribution in [2.75, 3.05) is 33.3 Å². The molecule has 0 radical (unpaired) electrons. The average molecular weight is 357 g/mol. The molecular formula is C19H40N4O2. The number of hydrazine groups is 1. The van der Waals surface area contributed by atoms with Crippen LogP contribution in [0.3, 0.4) is 0 Å². The quantitative estimate of drug-likeness (QED) is 0.336. The van der Waals surface area contributed by atoms with Crippen molar-refractivity contribution >= 4 is 5.78 Å². The molecule has 25 heavy (non-hydrogen) atoms. The Morgan fingerprint density at radius 1 is 1.24 bits per heavy atom. The zero-order valence-electron chi connectivity index (χ0n) is 16.8. The summed E-state index contributed by atoms with van der Waals surface area (Å²) in [5.41, 5.74) is 6.88. The van der Waals surface area contributed by atoms with Crippen LogP contribution in [0.4, 0.5) is 0 Å². The van der Waals surface area contributed by atoms with E-state index in [1.54, 1.807) is 12.1 Å². The van der Waals surface area contributed by atoms with Gasteiger partial charge in [-0.1, -0.05) is 27.2 Å². The number of rotatable bonds is 11. The molecule has 0 aromatic rings. The zero-order chi connectivity index (χ0) is 19.1. The second-order valence-electron chi connectivity index (χ2n) is 6.36. The minimum atomic E-state index is 0.344. The Bertz CT molecular complexity index is 366. The maximum Gasteiger partial charge on any atom is 0.132 e. The fraction of sp³-hybridized carbons (Fsp3) is 0.842. The number of carbonyl (C=O) groups excluding carboxylic acids is 1. The van der Waals surface area contributed by atoms with Crippen LogP contribution in [-0.2, 0) is 9.53 Å². The standard InChI is InChI=1S/C17H34N4O2.C2H6/c1-3-16(22)7-5-4-6-10-21(19)14-15(18)13-20-11-8-17(23-2)9-12-20;1-2/h14,17H,3-13,18-19H2,1-2H3;1-2H3/b15-14-;. The maximum absolute atomic E-state index is 11.2. The highest BCUT2D eigenvalue weighted by Gasteiger charge is 2.18. The lowest BCUT2D eigenvalue weighted by atomic mass is 10.1. The number of piperidine rings is 1. The van der Waals surface area contributed by atoms with Gasteiger partial charge in [0.1, 0.15) is 5.78 Å². The lowest BCUT2D eigenvalue weighted by Crippen LogP contribution is -2.39. The van der Waals surface area contributed by atoms with E-state index in [9.17, 15) is 4.79 Å². The second-order valence-corrected chi connectivity index (χ2v) is 6.36. The molecule has 0 aromatic carbocycles. The van der Waals surface area contributed by atoms with Gasteiger partial charge in [-0.3, -0.25) is 9.69 Å². The molecule has 0 atom stereocenters. The fourth-order valence-electron chi connectivity index (χ4n) is 2.85.